The van der Waals surface area contributed by atoms with Crippen molar-refractivity contribution >= 4 is 0 Å². The van der Waals surface area contributed by atoms with Crippen molar-refractivity contribution in [2.45, 2.75) is 44.9 Å². The van der Waals surface area contributed by atoms with Gasteiger partial charge in [0.1, 0.15) is 0 Å². The Morgan fingerprint density at radius 1 is 1.05 bits per heavy atom. The maximum Gasteiger partial charge on any atom is 0.573 e. The van der Waals surface area contributed by atoms with Crippen LogP contribution in [0, 0.1) is 17.7 Å². The molecule has 22 heavy (non-hydrogen) atoms. The van der Waals surface area contributed by atoms with E-state index in [2.05, 4.69) is 4.74 Å². The first-order chi connectivity index (χ1) is 10.4. The van der Waals surface area contributed by atoms with Gasteiger partial charge in [0, 0.05) is 0 Å². The molecule has 0 N–H and O–H groups in total. The minimum atomic E-state index is -4.94. The minimum Gasteiger partial charge on any atom is -0.489 e. The molecule has 0 bridgehead atoms. The minimum absolute atomic E-state index is 0.168. The highest BCUT2D eigenvalue weighted by Crippen LogP contribution is 2.40. The summed E-state index contributed by atoms with van der Waals surface area (Å²) in [6.45, 7) is 0.301. The number of hydrogen-bond acceptors (Lipinski definition) is 2. The van der Waals surface area contributed by atoms with E-state index in [4.69, 9.17) is 4.74 Å². The molecule has 2 fully saturated rings. The second-order valence-corrected chi connectivity index (χ2v) is 6.17. The molecule has 2 aliphatic rings. The van der Waals surface area contributed by atoms with Crippen molar-refractivity contribution in [3.63, 3.8) is 0 Å². The average molecular weight is 318 g/mol. The zero-order valence-electron chi connectivity index (χ0n) is 12.1. The summed E-state index contributed by atoms with van der Waals surface area (Å²) in [5, 5.41) is 0. The van der Waals surface area contributed by atoms with Crippen molar-refractivity contribution in [1.29, 1.82) is 0 Å². The fraction of sp³-hybridized carbons (Fsp3) is 0.625. The molecular weight excluding hydrogens is 300 g/mol. The third-order valence-electron chi connectivity index (χ3n) is 4.26. The van der Waals surface area contributed by atoms with Crippen molar-refractivity contribution in [2.24, 2.45) is 11.8 Å². The lowest BCUT2D eigenvalue weighted by molar-refractivity contribution is -0.276. The van der Waals surface area contributed by atoms with E-state index < -0.39 is 17.9 Å². The summed E-state index contributed by atoms with van der Waals surface area (Å²) in [6, 6.07) is 2.90. The molecule has 3 rings (SSSR count). The Morgan fingerprint density at radius 3 is 2.32 bits per heavy atom. The zero-order valence-corrected chi connectivity index (χ0v) is 12.1. The first-order valence-electron chi connectivity index (χ1n) is 7.62. The van der Waals surface area contributed by atoms with Gasteiger partial charge in [0.05, 0.1) is 6.61 Å². The van der Waals surface area contributed by atoms with Gasteiger partial charge in [-0.1, -0.05) is 25.3 Å². The maximum atomic E-state index is 14.4. The summed E-state index contributed by atoms with van der Waals surface area (Å²) in [7, 11) is 0. The third kappa shape index (κ3) is 3.84. The van der Waals surface area contributed by atoms with Crippen molar-refractivity contribution in [3.05, 3.63) is 23.5 Å². The Morgan fingerprint density at radius 2 is 1.77 bits per heavy atom. The summed E-state index contributed by atoms with van der Waals surface area (Å²) in [5.41, 5.74) is 0.266. The lowest BCUT2D eigenvalue weighted by Crippen LogP contribution is -2.20. The van der Waals surface area contributed by atoms with Crippen LogP contribution in [0.2, 0.25) is 0 Å². The van der Waals surface area contributed by atoms with Crippen LogP contribution < -0.4 is 9.47 Å². The van der Waals surface area contributed by atoms with Crippen LogP contribution in [0.15, 0.2) is 12.1 Å². The van der Waals surface area contributed by atoms with Crippen molar-refractivity contribution in [1.82, 2.24) is 0 Å². The van der Waals surface area contributed by atoms with Gasteiger partial charge < -0.3 is 9.47 Å². The standard InChI is InChI=1S/C16H18F4O2/c17-14-12(8-10-2-1-3-10)6-7-13(21-9-11-4-5-11)15(14)22-16(18,19)20/h6-7,10-11H,1-5,8-9H2. The first kappa shape index (κ1) is 15.4. The Labute approximate surface area is 126 Å². The van der Waals surface area contributed by atoms with E-state index in [0.29, 0.717) is 24.9 Å². The van der Waals surface area contributed by atoms with E-state index in [-0.39, 0.29) is 11.3 Å². The number of alkyl halides is 3. The molecule has 0 unspecified atom stereocenters. The summed E-state index contributed by atoms with van der Waals surface area (Å²) in [6.07, 6.45) is 0.594. The number of hydrogen-bond donors (Lipinski definition) is 0. The zero-order chi connectivity index (χ0) is 15.7. The summed E-state index contributed by atoms with van der Waals surface area (Å²) >= 11 is 0. The van der Waals surface area contributed by atoms with Gasteiger partial charge in [-0.15, -0.1) is 13.2 Å². The van der Waals surface area contributed by atoms with Crippen LogP contribution in [0.1, 0.15) is 37.7 Å². The predicted molar refractivity (Wildman–Crippen MR) is 72.3 cm³/mol. The number of ether oxygens (including phenoxy) is 2. The molecule has 122 valence electrons. The van der Waals surface area contributed by atoms with Gasteiger partial charge in [-0.05, 0) is 42.7 Å². The van der Waals surface area contributed by atoms with Crippen LogP contribution in [0.4, 0.5) is 17.6 Å². The van der Waals surface area contributed by atoms with Gasteiger partial charge in [0.2, 0.25) is 5.75 Å². The molecule has 6 heteroatoms. The number of halogens is 4. The smallest absolute Gasteiger partial charge is 0.489 e. The van der Waals surface area contributed by atoms with E-state index in [1.165, 1.54) is 12.1 Å². The molecule has 0 heterocycles. The summed E-state index contributed by atoms with van der Waals surface area (Å²) in [4.78, 5) is 0. The van der Waals surface area contributed by atoms with E-state index in [0.717, 1.165) is 32.1 Å². The monoisotopic (exact) mass is 318 g/mol. The molecule has 0 aromatic heterocycles. The Kier molecular flexibility index (Phi) is 4.19. The fourth-order valence-corrected chi connectivity index (χ4v) is 2.56. The van der Waals surface area contributed by atoms with Gasteiger partial charge >= 0.3 is 6.36 Å². The Balaban J connectivity index is 1.81. The normalized spacial score (nSPS) is 18.9. The second kappa shape index (κ2) is 5.97. The molecule has 0 spiro atoms. The van der Waals surface area contributed by atoms with Gasteiger partial charge in [0.25, 0.3) is 0 Å². The van der Waals surface area contributed by atoms with Crippen LogP contribution in [-0.2, 0) is 6.42 Å². The van der Waals surface area contributed by atoms with E-state index in [1.54, 1.807) is 0 Å². The van der Waals surface area contributed by atoms with E-state index >= 15 is 0 Å². The van der Waals surface area contributed by atoms with Crippen LogP contribution in [0.3, 0.4) is 0 Å². The molecule has 2 saturated carbocycles. The fourth-order valence-electron chi connectivity index (χ4n) is 2.56. The molecule has 0 saturated heterocycles. The van der Waals surface area contributed by atoms with Crippen LogP contribution in [0.25, 0.3) is 0 Å². The van der Waals surface area contributed by atoms with Crippen LogP contribution in [0.5, 0.6) is 11.5 Å². The SMILES string of the molecule is Fc1c(CC2CCC2)ccc(OCC2CC2)c1OC(F)(F)F. The number of rotatable bonds is 6. The second-order valence-electron chi connectivity index (χ2n) is 6.17. The molecule has 1 aromatic rings. The largest absolute Gasteiger partial charge is 0.573 e. The molecule has 2 aliphatic carbocycles. The quantitative estimate of drug-likeness (QED) is 0.698. The van der Waals surface area contributed by atoms with Crippen molar-refractivity contribution in [3.8, 4) is 11.5 Å². The lowest BCUT2D eigenvalue weighted by Gasteiger charge is -2.26. The van der Waals surface area contributed by atoms with Gasteiger partial charge in [-0.25, -0.2) is 4.39 Å². The highest BCUT2D eigenvalue weighted by atomic mass is 19.4. The Bertz CT molecular complexity index is 534. The van der Waals surface area contributed by atoms with Gasteiger partial charge in [-0.3, -0.25) is 0 Å². The van der Waals surface area contributed by atoms with Crippen LogP contribution in [-0.4, -0.2) is 13.0 Å². The van der Waals surface area contributed by atoms with E-state index in [1.807, 2.05) is 0 Å². The van der Waals surface area contributed by atoms with Crippen LogP contribution >= 0.6 is 0 Å². The van der Waals surface area contributed by atoms with Crippen molar-refractivity contribution in [2.75, 3.05) is 6.61 Å². The first-order valence-corrected chi connectivity index (χ1v) is 7.62. The summed E-state index contributed by atoms with van der Waals surface area (Å²) < 4.78 is 61.3. The third-order valence-corrected chi connectivity index (χ3v) is 4.26. The molecule has 0 radical (unpaired) electrons. The molecule has 2 nitrogen and oxygen atoms in total. The topological polar surface area (TPSA) is 18.5 Å². The molecule has 1 aromatic carbocycles. The molecule has 0 amide bonds. The maximum absolute atomic E-state index is 14.4. The average Bonchev–Trinajstić information content (AvgIpc) is 3.19. The van der Waals surface area contributed by atoms with Gasteiger partial charge in [-0.2, -0.15) is 0 Å². The van der Waals surface area contributed by atoms with Crippen molar-refractivity contribution < 1.29 is 27.0 Å². The highest BCUT2D eigenvalue weighted by Gasteiger charge is 2.35. The Hall–Kier alpha value is -1.46. The molecule has 0 atom stereocenters. The molecule has 0 aliphatic heterocycles. The predicted octanol–water partition coefficient (Wildman–Crippen LogP) is 4.86. The summed E-state index contributed by atoms with van der Waals surface area (Å²) in [5.74, 6) is -1.23. The van der Waals surface area contributed by atoms with Gasteiger partial charge in [0.15, 0.2) is 11.6 Å². The molecular formula is C16H18F4O2. The number of benzene rings is 1. The highest BCUT2D eigenvalue weighted by molar-refractivity contribution is 5.45. The van der Waals surface area contributed by atoms with E-state index in [9.17, 15) is 17.6 Å². The lowest BCUT2D eigenvalue weighted by atomic mass is 9.81.